The summed E-state index contributed by atoms with van der Waals surface area (Å²) in [6, 6.07) is 4.30. The summed E-state index contributed by atoms with van der Waals surface area (Å²) in [7, 11) is 0. The number of nitrogens with zero attached hydrogens (tertiary/aromatic N) is 1. The van der Waals surface area contributed by atoms with Crippen molar-refractivity contribution >= 4 is 17.3 Å². The van der Waals surface area contributed by atoms with Crippen molar-refractivity contribution < 1.29 is 13.2 Å². The minimum atomic E-state index is -4.35. The first-order chi connectivity index (χ1) is 8.43. The molecule has 0 saturated heterocycles. The van der Waals surface area contributed by atoms with Crippen LogP contribution in [0.2, 0.25) is 0 Å². The summed E-state index contributed by atoms with van der Waals surface area (Å²) in [6.45, 7) is 4.96. The van der Waals surface area contributed by atoms with Gasteiger partial charge >= 0.3 is 6.18 Å². The van der Waals surface area contributed by atoms with Gasteiger partial charge in [-0.15, -0.1) is 11.6 Å². The second kappa shape index (κ2) is 6.32. The second-order valence-corrected chi connectivity index (χ2v) is 4.33. The van der Waals surface area contributed by atoms with Crippen molar-refractivity contribution in [2.45, 2.75) is 32.3 Å². The highest BCUT2D eigenvalue weighted by atomic mass is 35.5. The van der Waals surface area contributed by atoms with E-state index in [1.807, 2.05) is 13.8 Å². The van der Waals surface area contributed by atoms with Gasteiger partial charge in [-0.1, -0.05) is 13.0 Å². The van der Waals surface area contributed by atoms with Crippen molar-refractivity contribution in [1.29, 1.82) is 0 Å². The van der Waals surface area contributed by atoms with Crippen LogP contribution >= 0.6 is 11.6 Å². The van der Waals surface area contributed by atoms with E-state index in [9.17, 15) is 13.2 Å². The molecule has 0 aromatic heterocycles. The largest absolute Gasteiger partial charge is 0.418 e. The Morgan fingerprint density at radius 1 is 1.22 bits per heavy atom. The van der Waals surface area contributed by atoms with Gasteiger partial charge < -0.3 is 4.90 Å². The first-order valence-corrected chi connectivity index (χ1v) is 6.48. The van der Waals surface area contributed by atoms with Gasteiger partial charge in [-0.2, -0.15) is 13.2 Å². The third kappa shape index (κ3) is 3.55. The Hall–Kier alpha value is -0.900. The Morgan fingerprint density at radius 3 is 2.33 bits per heavy atom. The maximum Gasteiger partial charge on any atom is 0.418 e. The van der Waals surface area contributed by atoms with Crippen LogP contribution < -0.4 is 4.90 Å². The highest BCUT2D eigenvalue weighted by Gasteiger charge is 2.34. The maximum absolute atomic E-state index is 13.0. The van der Waals surface area contributed by atoms with Gasteiger partial charge in [0.1, 0.15) is 0 Å². The minimum Gasteiger partial charge on any atom is -0.371 e. The topological polar surface area (TPSA) is 3.24 Å². The van der Waals surface area contributed by atoms with E-state index < -0.39 is 11.7 Å². The lowest BCUT2D eigenvalue weighted by Gasteiger charge is -2.26. The van der Waals surface area contributed by atoms with Crippen LogP contribution in [0.3, 0.4) is 0 Å². The Labute approximate surface area is 111 Å². The van der Waals surface area contributed by atoms with Crippen molar-refractivity contribution in [2.75, 3.05) is 18.0 Å². The Kier molecular flexibility index (Phi) is 5.32. The molecule has 18 heavy (non-hydrogen) atoms. The van der Waals surface area contributed by atoms with Gasteiger partial charge in [0.05, 0.1) is 5.56 Å². The summed E-state index contributed by atoms with van der Waals surface area (Å²) >= 11 is 5.59. The highest BCUT2D eigenvalue weighted by Crippen LogP contribution is 2.37. The molecule has 0 saturated carbocycles. The smallest absolute Gasteiger partial charge is 0.371 e. The Balaban J connectivity index is 3.25. The van der Waals surface area contributed by atoms with Gasteiger partial charge in [0.25, 0.3) is 0 Å². The van der Waals surface area contributed by atoms with E-state index in [0.29, 0.717) is 18.7 Å². The molecule has 0 bridgehead atoms. The van der Waals surface area contributed by atoms with Crippen LogP contribution in [0.15, 0.2) is 18.2 Å². The normalized spacial score (nSPS) is 11.7. The molecule has 5 heteroatoms. The third-order valence-electron chi connectivity index (χ3n) is 2.74. The summed E-state index contributed by atoms with van der Waals surface area (Å²) in [4.78, 5) is 1.74. The van der Waals surface area contributed by atoms with Crippen molar-refractivity contribution in [3.05, 3.63) is 29.3 Å². The van der Waals surface area contributed by atoms with Gasteiger partial charge in [0.2, 0.25) is 0 Å². The van der Waals surface area contributed by atoms with Crippen LogP contribution in [0.5, 0.6) is 0 Å². The van der Waals surface area contributed by atoms with Crippen LogP contribution in [0.1, 0.15) is 31.4 Å². The molecule has 0 unspecified atom stereocenters. The average Bonchev–Trinajstić information content (AvgIpc) is 2.34. The summed E-state index contributed by atoms with van der Waals surface area (Å²) in [5, 5.41) is 0. The van der Waals surface area contributed by atoms with Crippen molar-refractivity contribution in [3.8, 4) is 0 Å². The lowest BCUT2D eigenvalue weighted by Crippen LogP contribution is -2.26. The van der Waals surface area contributed by atoms with E-state index in [1.165, 1.54) is 6.07 Å². The summed E-state index contributed by atoms with van der Waals surface area (Å²) < 4.78 is 39.1. The molecule has 0 aliphatic carbocycles. The van der Waals surface area contributed by atoms with E-state index in [-0.39, 0.29) is 11.6 Å². The molecule has 1 aromatic rings. The van der Waals surface area contributed by atoms with Crippen LogP contribution in [-0.2, 0) is 12.1 Å². The van der Waals surface area contributed by atoms with Crippen molar-refractivity contribution in [1.82, 2.24) is 0 Å². The van der Waals surface area contributed by atoms with Gasteiger partial charge in [-0.3, -0.25) is 0 Å². The molecule has 1 aromatic carbocycles. The molecule has 0 radical (unpaired) electrons. The van der Waals surface area contributed by atoms with Gasteiger partial charge in [-0.25, -0.2) is 0 Å². The number of alkyl halides is 4. The molecule has 0 atom stereocenters. The molecular weight excluding hydrogens is 263 g/mol. The molecule has 0 aliphatic rings. The van der Waals surface area contributed by atoms with E-state index >= 15 is 0 Å². The lowest BCUT2D eigenvalue weighted by molar-refractivity contribution is -0.137. The van der Waals surface area contributed by atoms with Crippen LogP contribution in [0.25, 0.3) is 0 Å². The summed E-state index contributed by atoms with van der Waals surface area (Å²) in [6.07, 6.45) is -3.54. The molecular formula is C13H17ClF3N. The first kappa shape index (κ1) is 15.2. The standard InChI is InChI=1S/C13H17ClF3N/c1-3-7-18(4-2)12-6-5-10(9-14)8-11(12)13(15,16)17/h5-6,8H,3-4,7,9H2,1-2H3. The van der Waals surface area contributed by atoms with Gasteiger partial charge in [0, 0.05) is 24.7 Å². The highest BCUT2D eigenvalue weighted by molar-refractivity contribution is 6.17. The Morgan fingerprint density at radius 2 is 1.89 bits per heavy atom. The number of hydrogen-bond acceptors (Lipinski definition) is 1. The summed E-state index contributed by atoms with van der Waals surface area (Å²) in [5.74, 6) is 0.0866. The van der Waals surface area contributed by atoms with E-state index in [4.69, 9.17) is 11.6 Å². The minimum absolute atomic E-state index is 0.0866. The van der Waals surface area contributed by atoms with Crippen molar-refractivity contribution in [2.24, 2.45) is 0 Å². The average molecular weight is 280 g/mol. The molecule has 0 aliphatic heterocycles. The number of anilines is 1. The molecule has 0 N–H and O–H groups in total. The molecule has 0 amide bonds. The Bertz CT molecular complexity index is 390. The van der Waals surface area contributed by atoms with E-state index in [2.05, 4.69) is 0 Å². The number of rotatable bonds is 5. The predicted molar refractivity (Wildman–Crippen MR) is 69.2 cm³/mol. The van der Waals surface area contributed by atoms with Gasteiger partial charge in [0.15, 0.2) is 0 Å². The monoisotopic (exact) mass is 279 g/mol. The van der Waals surface area contributed by atoms with E-state index in [0.717, 1.165) is 12.5 Å². The first-order valence-electron chi connectivity index (χ1n) is 5.95. The third-order valence-corrected chi connectivity index (χ3v) is 3.05. The van der Waals surface area contributed by atoms with Crippen molar-refractivity contribution in [3.63, 3.8) is 0 Å². The quantitative estimate of drug-likeness (QED) is 0.707. The molecule has 1 nitrogen and oxygen atoms in total. The fourth-order valence-corrected chi connectivity index (χ4v) is 2.05. The molecule has 0 fully saturated rings. The number of hydrogen-bond donors (Lipinski definition) is 0. The SMILES string of the molecule is CCCN(CC)c1ccc(CCl)cc1C(F)(F)F. The lowest BCUT2D eigenvalue weighted by atomic mass is 10.1. The molecule has 0 spiro atoms. The summed E-state index contributed by atoms with van der Waals surface area (Å²) in [5.41, 5.74) is 0.122. The predicted octanol–water partition coefficient (Wildman–Crippen LogP) is 4.68. The van der Waals surface area contributed by atoms with Crippen LogP contribution in [-0.4, -0.2) is 13.1 Å². The van der Waals surface area contributed by atoms with Crippen LogP contribution in [0.4, 0.5) is 18.9 Å². The second-order valence-electron chi connectivity index (χ2n) is 4.06. The van der Waals surface area contributed by atoms with Crippen LogP contribution in [0, 0.1) is 0 Å². The molecule has 0 heterocycles. The zero-order valence-corrected chi connectivity index (χ0v) is 11.3. The maximum atomic E-state index is 13.0. The fraction of sp³-hybridized carbons (Fsp3) is 0.538. The molecule has 1 rings (SSSR count). The zero-order chi connectivity index (χ0) is 13.8. The number of benzene rings is 1. The zero-order valence-electron chi connectivity index (χ0n) is 10.5. The fourth-order valence-electron chi connectivity index (χ4n) is 1.89. The van der Waals surface area contributed by atoms with E-state index in [1.54, 1.807) is 11.0 Å². The number of halogens is 4. The van der Waals surface area contributed by atoms with Gasteiger partial charge in [-0.05, 0) is 31.0 Å². The molecule has 102 valence electrons.